The minimum absolute atomic E-state index is 0.0675. The van der Waals surface area contributed by atoms with Crippen molar-refractivity contribution in [1.82, 2.24) is 29.9 Å². The van der Waals surface area contributed by atoms with Crippen molar-refractivity contribution in [3.8, 4) is 11.4 Å². The third-order valence-electron chi connectivity index (χ3n) is 5.74. The highest BCUT2D eigenvalue weighted by Gasteiger charge is 2.26. The molecule has 3 heterocycles. The summed E-state index contributed by atoms with van der Waals surface area (Å²) in [6.07, 6.45) is 3.52. The van der Waals surface area contributed by atoms with Gasteiger partial charge in [0.1, 0.15) is 12.1 Å². The van der Waals surface area contributed by atoms with Crippen LogP contribution >= 0.6 is 11.8 Å². The van der Waals surface area contributed by atoms with Crippen molar-refractivity contribution in [3.63, 3.8) is 0 Å². The normalized spacial score (nSPS) is 14.0. The van der Waals surface area contributed by atoms with Gasteiger partial charge in [0, 0.05) is 31.1 Å². The average Bonchev–Trinajstić information content (AvgIpc) is 3.33. The van der Waals surface area contributed by atoms with E-state index in [1.165, 1.54) is 6.33 Å². The van der Waals surface area contributed by atoms with Crippen LogP contribution in [0.3, 0.4) is 0 Å². The van der Waals surface area contributed by atoms with Crippen molar-refractivity contribution in [2.45, 2.75) is 4.90 Å². The van der Waals surface area contributed by atoms with Gasteiger partial charge in [0.05, 0.1) is 18.4 Å². The zero-order chi connectivity index (χ0) is 22.8. The van der Waals surface area contributed by atoms with Crippen LogP contribution in [-0.2, 0) is 0 Å². The summed E-state index contributed by atoms with van der Waals surface area (Å²) in [5.41, 5.74) is 2.87. The third-order valence-corrected chi connectivity index (χ3v) is 6.54. The molecule has 0 spiro atoms. The fourth-order valence-electron chi connectivity index (χ4n) is 3.98. The zero-order valence-corrected chi connectivity index (χ0v) is 19.2. The summed E-state index contributed by atoms with van der Waals surface area (Å²) in [6, 6.07) is 15.3. The number of carbonyl (C=O) groups is 1. The number of aromatic nitrogens is 5. The Labute approximate surface area is 195 Å². The number of anilines is 1. The van der Waals surface area contributed by atoms with Gasteiger partial charge in [-0.3, -0.25) is 4.79 Å². The summed E-state index contributed by atoms with van der Waals surface area (Å²) < 4.78 is 6.93. The molecule has 168 valence electrons. The average molecular weight is 462 g/mol. The van der Waals surface area contributed by atoms with E-state index in [0.29, 0.717) is 37.3 Å². The zero-order valence-electron chi connectivity index (χ0n) is 18.4. The number of rotatable bonds is 5. The lowest BCUT2D eigenvalue weighted by molar-refractivity contribution is 0.0743. The van der Waals surface area contributed by atoms with Gasteiger partial charge >= 0.3 is 0 Å². The molecule has 0 atom stereocenters. The third kappa shape index (κ3) is 3.97. The van der Waals surface area contributed by atoms with Crippen molar-refractivity contribution in [2.24, 2.45) is 0 Å². The van der Waals surface area contributed by atoms with Crippen molar-refractivity contribution >= 4 is 34.7 Å². The SMILES string of the molecule is COc1ccc(-n2nnc3c(N4CCN(C(=O)c5ccccc5SC)CC4)ncnc32)cc1. The molecule has 0 saturated carbocycles. The Morgan fingerprint density at radius 2 is 1.76 bits per heavy atom. The fraction of sp³-hybridized carbons (Fsp3) is 0.261. The monoisotopic (exact) mass is 461 g/mol. The van der Waals surface area contributed by atoms with E-state index >= 15 is 0 Å². The summed E-state index contributed by atoms with van der Waals surface area (Å²) in [4.78, 5) is 27.0. The van der Waals surface area contributed by atoms with Crippen LogP contribution in [0.1, 0.15) is 10.4 Å². The van der Waals surface area contributed by atoms with Crippen LogP contribution in [0.5, 0.6) is 5.75 Å². The largest absolute Gasteiger partial charge is 0.497 e. The van der Waals surface area contributed by atoms with Gasteiger partial charge in [0.15, 0.2) is 17.0 Å². The molecule has 0 aliphatic carbocycles. The van der Waals surface area contributed by atoms with Crippen LogP contribution in [0, 0.1) is 0 Å². The fourth-order valence-corrected chi connectivity index (χ4v) is 4.57. The lowest BCUT2D eigenvalue weighted by Gasteiger charge is -2.35. The van der Waals surface area contributed by atoms with Gasteiger partial charge in [0.25, 0.3) is 5.91 Å². The van der Waals surface area contributed by atoms with Gasteiger partial charge in [-0.15, -0.1) is 16.9 Å². The molecule has 2 aromatic heterocycles. The Kier molecular flexibility index (Phi) is 5.82. The van der Waals surface area contributed by atoms with Crippen molar-refractivity contribution in [1.29, 1.82) is 0 Å². The van der Waals surface area contributed by atoms with Gasteiger partial charge in [-0.2, -0.15) is 4.68 Å². The molecule has 33 heavy (non-hydrogen) atoms. The number of nitrogens with zero attached hydrogens (tertiary/aromatic N) is 7. The van der Waals surface area contributed by atoms with Crippen LogP contribution in [0.15, 0.2) is 59.8 Å². The summed E-state index contributed by atoms with van der Waals surface area (Å²) >= 11 is 1.59. The molecule has 1 aliphatic rings. The molecule has 0 bridgehead atoms. The molecule has 1 saturated heterocycles. The van der Waals surface area contributed by atoms with E-state index in [2.05, 4.69) is 25.2 Å². The Balaban J connectivity index is 1.35. The second kappa shape index (κ2) is 9.07. The summed E-state index contributed by atoms with van der Waals surface area (Å²) in [7, 11) is 1.63. The van der Waals surface area contributed by atoms with Crippen LogP contribution in [0.4, 0.5) is 5.82 Å². The van der Waals surface area contributed by atoms with Crippen LogP contribution in [0.2, 0.25) is 0 Å². The second-order valence-electron chi connectivity index (χ2n) is 7.55. The van der Waals surface area contributed by atoms with E-state index in [-0.39, 0.29) is 5.91 Å². The quantitative estimate of drug-likeness (QED) is 0.419. The first-order chi connectivity index (χ1) is 16.2. The highest BCUT2D eigenvalue weighted by Crippen LogP contribution is 2.26. The lowest BCUT2D eigenvalue weighted by Crippen LogP contribution is -2.49. The van der Waals surface area contributed by atoms with Gasteiger partial charge < -0.3 is 14.5 Å². The molecular formula is C23H23N7O2S. The number of thioether (sulfide) groups is 1. The molecule has 10 heteroatoms. The molecule has 5 rings (SSSR count). The first-order valence-corrected chi connectivity index (χ1v) is 11.8. The predicted octanol–water partition coefficient (Wildman–Crippen LogP) is 2.90. The number of carbonyl (C=O) groups excluding carboxylic acids is 1. The van der Waals surface area contributed by atoms with Crippen molar-refractivity contribution in [3.05, 3.63) is 60.4 Å². The number of hydrogen-bond acceptors (Lipinski definition) is 8. The number of benzene rings is 2. The van der Waals surface area contributed by atoms with Crippen molar-refractivity contribution < 1.29 is 9.53 Å². The Hall–Kier alpha value is -3.66. The van der Waals surface area contributed by atoms with Gasteiger partial charge in [-0.05, 0) is 42.7 Å². The van der Waals surface area contributed by atoms with Crippen molar-refractivity contribution in [2.75, 3.05) is 44.4 Å². The summed E-state index contributed by atoms with van der Waals surface area (Å²) in [6.45, 7) is 2.54. The van der Waals surface area contributed by atoms with Crippen LogP contribution in [0.25, 0.3) is 16.9 Å². The number of hydrogen-bond donors (Lipinski definition) is 0. The Morgan fingerprint density at radius 1 is 1.00 bits per heavy atom. The van der Waals surface area contributed by atoms with E-state index in [1.807, 2.05) is 59.7 Å². The highest BCUT2D eigenvalue weighted by atomic mass is 32.2. The molecule has 0 radical (unpaired) electrons. The van der Waals surface area contributed by atoms with E-state index in [1.54, 1.807) is 23.6 Å². The number of fused-ring (bicyclic) bond motifs is 1. The number of ether oxygens (including phenoxy) is 1. The number of amides is 1. The minimum Gasteiger partial charge on any atom is -0.497 e. The van der Waals surface area contributed by atoms with E-state index < -0.39 is 0 Å². The molecule has 0 N–H and O–H groups in total. The maximum atomic E-state index is 13.1. The van der Waals surface area contributed by atoms with E-state index in [0.717, 1.165) is 27.7 Å². The van der Waals surface area contributed by atoms with Crippen LogP contribution < -0.4 is 9.64 Å². The Bertz CT molecular complexity index is 1280. The predicted molar refractivity (Wildman–Crippen MR) is 127 cm³/mol. The number of piperazine rings is 1. The molecule has 2 aromatic carbocycles. The first-order valence-electron chi connectivity index (χ1n) is 10.6. The lowest BCUT2D eigenvalue weighted by atomic mass is 10.2. The Morgan fingerprint density at radius 3 is 2.48 bits per heavy atom. The molecule has 1 amide bonds. The smallest absolute Gasteiger partial charge is 0.255 e. The number of methoxy groups -OCH3 is 1. The van der Waals surface area contributed by atoms with Gasteiger partial charge in [-0.1, -0.05) is 17.3 Å². The second-order valence-corrected chi connectivity index (χ2v) is 8.40. The standard InChI is InChI=1S/C23H23N7O2S/c1-32-17-9-7-16(8-10-17)30-22-20(26-27-30)21(24-15-25-22)28-11-13-29(14-12-28)23(31)18-5-3-4-6-19(18)33-2/h3-10,15H,11-14H2,1-2H3. The molecule has 1 aliphatic heterocycles. The molecule has 9 nitrogen and oxygen atoms in total. The molecule has 0 unspecified atom stereocenters. The molecular weight excluding hydrogens is 438 g/mol. The summed E-state index contributed by atoms with van der Waals surface area (Å²) in [5, 5.41) is 8.68. The highest BCUT2D eigenvalue weighted by molar-refractivity contribution is 7.98. The maximum absolute atomic E-state index is 13.1. The van der Waals surface area contributed by atoms with Gasteiger partial charge in [-0.25, -0.2) is 9.97 Å². The summed E-state index contributed by atoms with van der Waals surface area (Å²) in [5.74, 6) is 1.57. The first kappa shape index (κ1) is 21.2. The van der Waals surface area contributed by atoms with E-state index in [9.17, 15) is 4.79 Å². The van der Waals surface area contributed by atoms with Gasteiger partial charge in [0.2, 0.25) is 0 Å². The molecule has 4 aromatic rings. The molecule has 1 fully saturated rings. The topological polar surface area (TPSA) is 89.3 Å². The van der Waals surface area contributed by atoms with Crippen LogP contribution in [-0.4, -0.2) is 75.3 Å². The van der Waals surface area contributed by atoms with E-state index in [4.69, 9.17) is 4.74 Å². The minimum atomic E-state index is 0.0675. The maximum Gasteiger partial charge on any atom is 0.255 e.